The van der Waals surface area contributed by atoms with E-state index in [1.165, 1.54) is 6.07 Å². The first-order valence-corrected chi connectivity index (χ1v) is 8.06. The van der Waals surface area contributed by atoms with Crippen molar-refractivity contribution in [3.8, 4) is 0 Å². The number of benzene rings is 2. The second kappa shape index (κ2) is 5.95. The second-order valence-electron chi connectivity index (χ2n) is 4.66. The van der Waals surface area contributed by atoms with Crippen molar-refractivity contribution in [1.82, 2.24) is 4.72 Å². The number of aryl methyl sites for hydroxylation is 2. The molecule has 0 aliphatic rings. The summed E-state index contributed by atoms with van der Waals surface area (Å²) in [6.45, 7) is 4.01. The maximum Gasteiger partial charge on any atom is 0.240 e. The number of hydrogen-bond donors (Lipinski definition) is 1. The number of halogens is 1. The topological polar surface area (TPSA) is 46.2 Å². The molecule has 0 saturated carbocycles. The highest BCUT2D eigenvalue weighted by Crippen LogP contribution is 2.19. The van der Waals surface area contributed by atoms with E-state index in [1.807, 2.05) is 31.2 Å². The van der Waals surface area contributed by atoms with Crippen molar-refractivity contribution in [2.75, 3.05) is 0 Å². The fourth-order valence-electron chi connectivity index (χ4n) is 1.85. The standard InChI is InChI=1S/C15H16ClNO2S/c1-11-5-3-4-6-13(11)10-17-20(18,19)14-7-8-15(16)12(2)9-14/h3-9,17H,10H2,1-2H3. The maximum absolute atomic E-state index is 12.2. The first kappa shape index (κ1) is 15.0. The molecule has 0 atom stereocenters. The molecule has 0 heterocycles. The Morgan fingerprint density at radius 3 is 2.40 bits per heavy atom. The van der Waals surface area contributed by atoms with Crippen LogP contribution in [0.4, 0.5) is 0 Å². The number of rotatable bonds is 4. The van der Waals surface area contributed by atoms with Crippen LogP contribution in [0.25, 0.3) is 0 Å². The molecule has 2 aromatic rings. The van der Waals surface area contributed by atoms with Crippen molar-refractivity contribution in [3.05, 3.63) is 64.2 Å². The molecule has 0 aliphatic heterocycles. The lowest BCUT2D eigenvalue weighted by Gasteiger charge is -2.09. The molecule has 0 bridgehead atoms. The van der Waals surface area contributed by atoms with Crippen molar-refractivity contribution in [1.29, 1.82) is 0 Å². The Kier molecular flexibility index (Phi) is 4.48. The summed E-state index contributed by atoms with van der Waals surface area (Å²) in [5.41, 5.74) is 2.76. The van der Waals surface area contributed by atoms with Gasteiger partial charge in [0.2, 0.25) is 10.0 Å². The van der Waals surface area contributed by atoms with Crippen LogP contribution in [0.15, 0.2) is 47.4 Å². The Labute approximate surface area is 124 Å². The van der Waals surface area contributed by atoms with E-state index in [4.69, 9.17) is 11.6 Å². The molecule has 0 saturated heterocycles. The Bertz CT molecular complexity index is 726. The smallest absolute Gasteiger partial charge is 0.207 e. The normalized spacial score (nSPS) is 11.6. The van der Waals surface area contributed by atoms with E-state index in [2.05, 4.69) is 4.72 Å². The number of hydrogen-bond acceptors (Lipinski definition) is 2. The highest BCUT2D eigenvalue weighted by molar-refractivity contribution is 7.89. The highest BCUT2D eigenvalue weighted by Gasteiger charge is 2.14. The minimum absolute atomic E-state index is 0.230. The van der Waals surface area contributed by atoms with E-state index in [-0.39, 0.29) is 11.4 Å². The summed E-state index contributed by atoms with van der Waals surface area (Å²) in [7, 11) is -3.52. The van der Waals surface area contributed by atoms with E-state index in [0.717, 1.165) is 16.7 Å². The van der Waals surface area contributed by atoms with Gasteiger partial charge in [-0.1, -0.05) is 35.9 Å². The van der Waals surface area contributed by atoms with Crippen LogP contribution in [0, 0.1) is 13.8 Å². The first-order chi connectivity index (χ1) is 9.40. The van der Waals surface area contributed by atoms with E-state index in [9.17, 15) is 8.42 Å². The summed E-state index contributed by atoms with van der Waals surface area (Å²) in [5.74, 6) is 0. The third kappa shape index (κ3) is 3.39. The van der Waals surface area contributed by atoms with Crippen molar-refractivity contribution in [3.63, 3.8) is 0 Å². The van der Waals surface area contributed by atoms with Crippen LogP contribution in [0.3, 0.4) is 0 Å². The number of nitrogens with one attached hydrogen (secondary N) is 1. The molecule has 1 N–H and O–H groups in total. The Morgan fingerprint density at radius 2 is 1.75 bits per heavy atom. The quantitative estimate of drug-likeness (QED) is 0.940. The Morgan fingerprint density at radius 1 is 1.05 bits per heavy atom. The zero-order valence-corrected chi connectivity index (χ0v) is 12.9. The predicted molar refractivity (Wildman–Crippen MR) is 81.4 cm³/mol. The molecule has 20 heavy (non-hydrogen) atoms. The van der Waals surface area contributed by atoms with Gasteiger partial charge in [0, 0.05) is 11.6 Å². The van der Waals surface area contributed by atoms with E-state index in [1.54, 1.807) is 19.1 Å². The van der Waals surface area contributed by atoms with Gasteiger partial charge in [0.1, 0.15) is 0 Å². The predicted octanol–water partition coefficient (Wildman–Crippen LogP) is 3.44. The largest absolute Gasteiger partial charge is 0.240 e. The summed E-state index contributed by atoms with van der Waals surface area (Å²) >= 11 is 5.91. The molecule has 0 radical (unpaired) electrons. The van der Waals surface area contributed by atoms with Gasteiger partial charge in [-0.05, 0) is 48.7 Å². The fourth-order valence-corrected chi connectivity index (χ4v) is 3.06. The van der Waals surface area contributed by atoms with Crippen LogP contribution in [-0.4, -0.2) is 8.42 Å². The molecular formula is C15H16ClNO2S. The summed E-state index contributed by atoms with van der Waals surface area (Å²) < 4.78 is 27.1. The Balaban J connectivity index is 2.19. The van der Waals surface area contributed by atoms with Crippen LogP contribution < -0.4 is 4.72 Å². The minimum atomic E-state index is -3.52. The summed E-state index contributed by atoms with van der Waals surface area (Å²) in [4.78, 5) is 0.230. The van der Waals surface area contributed by atoms with Crippen LogP contribution in [0.5, 0.6) is 0 Å². The lowest BCUT2D eigenvalue weighted by atomic mass is 10.1. The van der Waals surface area contributed by atoms with Gasteiger partial charge in [-0.2, -0.15) is 0 Å². The van der Waals surface area contributed by atoms with E-state index < -0.39 is 10.0 Å². The molecule has 2 rings (SSSR count). The van der Waals surface area contributed by atoms with Gasteiger partial charge in [-0.3, -0.25) is 0 Å². The van der Waals surface area contributed by atoms with Crippen molar-refractivity contribution < 1.29 is 8.42 Å². The van der Waals surface area contributed by atoms with Gasteiger partial charge in [0.15, 0.2) is 0 Å². The SMILES string of the molecule is Cc1cc(S(=O)(=O)NCc2ccccc2C)ccc1Cl. The van der Waals surface area contributed by atoms with Gasteiger partial charge in [-0.15, -0.1) is 0 Å². The number of sulfonamides is 1. The Hall–Kier alpha value is -1.36. The molecule has 0 fully saturated rings. The minimum Gasteiger partial charge on any atom is -0.207 e. The third-order valence-electron chi connectivity index (χ3n) is 3.15. The zero-order chi connectivity index (χ0) is 14.8. The molecule has 106 valence electrons. The van der Waals surface area contributed by atoms with Gasteiger partial charge >= 0.3 is 0 Å². The fraction of sp³-hybridized carbons (Fsp3) is 0.200. The third-order valence-corrected chi connectivity index (χ3v) is 4.98. The van der Waals surface area contributed by atoms with E-state index >= 15 is 0 Å². The molecule has 0 aliphatic carbocycles. The lowest BCUT2D eigenvalue weighted by molar-refractivity contribution is 0.581. The molecule has 3 nitrogen and oxygen atoms in total. The van der Waals surface area contributed by atoms with Crippen molar-refractivity contribution >= 4 is 21.6 Å². The zero-order valence-electron chi connectivity index (χ0n) is 11.4. The van der Waals surface area contributed by atoms with Gasteiger partial charge in [0.25, 0.3) is 0 Å². The average Bonchev–Trinajstić information content (AvgIpc) is 2.41. The van der Waals surface area contributed by atoms with Gasteiger partial charge < -0.3 is 0 Å². The van der Waals surface area contributed by atoms with Gasteiger partial charge in [-0.25, -0.2) is 13.1 Å². The van der Waals surface area contributed by atoms with Crippen molar-refractivity contribution in [2.24, 2.45) is 0 Å². The molecule has 5 heteroatoms. The molecule has 0 amide bonds. The monoisotopic (exact) mass is 309 g/mol. The van der Waals surface area contributed by atoms with Crippen LogP contribution >= 0.6 is 11.6 Å². The molecule has 0 aromatic heterocycles. The van der Waals surface area contributed by atoms with Crippen molar-refractivity contribution in [2.45, 2.75) is 25.3 Å². The average molecular weight is 310 g/mol. The molecule has 2 aromatic carbocycles. The maximum atomic E-state index is 12.2. The summed E-state index contributed by atoms with van der Waals surface area (Å²) in [5, 5.41) is 0.558. The summed E-state index contributed by atoms with van der Waals surface area (Å²) in [6.07, 6.45) is 0. The molecule has 0 spiro atoms. The molecule has 0 unspecified atom stereocenters. The van der Waals surface area contributed by atoms with Gasteiger partial charge in [0.05, 0.1) is 4.90 Å². The highest BCUT2D eigenvalue weighted by atomic mass is 35.5. The lowest BCUT2D eigenvalue weighted by Crippen LogP contribution is -2.23. The molecular weight excluding hydrogens is 294 g/mol. The van der Waals surface area contributed by atoms with E-state index in [0.29, 0.717) is 5.02 Å². The van der Waals surface area contributed by atoms with Crippen LogP contribution in [0.1, 0.15) is 16.7 Å². The second-order valence-corrected chi connectivity index (χ2v) is 6.84. The van der Waals surface area contributed by atoms with Crippen LogP contribution in [-0.2, 0) is 16.6 Å². The summed E-state index contributed by atoms with van der Waals surface area (Å²) in [6, 6.07) is 12.4. The first-order valence-electron chi connectivity index (χ1n) is 6.20. The van der Waals surface area contributed by atoms with Crippen LogP contribution in [0.2, 0.25) is 5.02 Å².